The molecule has 0 unspecified atom stereocenters. The van der Waals surface area contributed by atoms with Crippen molar-refractivity contribution in [3.05, 3.63) is 65.6 Å². The van der Waals surface area contributed by atoms with Crippen LogP contribution in [0.2, 0.25) is 0 Å². The lowest BCUT2D eigenvalue weighted by atomic mass is 10.1. The fourth-order valence-corrected chi connectivity index (χ4v) is 3.12. The van der Waals surface area contributed by atoms with Crippen molar-refractivity contribution in [2.75, 3.05) is 6.54 Å². The second kappa shape index (κ2) is 6.47. The summed E-state index contributed by atoms with van der Waals surface area (Å²) in [5, 5.41) is 4.06. The summed E-state index contributed by atoms with van der Waals surface area (Å²) in [7, 11) is 0. The maximum Gasteiger partial charge on any atom is 0.276 e. The number of amides is 1. The van der Waals surface area contributed by atoms with E-state index in [1.54, 1.807) is 6.20 Å². The first-order chi connectivity index (χ1) is 12.2. The lowest BCUT2D eigenvalue weighted by Gasteiger charge is -2.16. The molecule has 0 bridgehead atoms. The summed E-state index contributed by atoms with van der Waals surface area (Å²) < 4.78 is 5.31. The maximum atomic E-state index is 12.4. The van der Waals surface area contributed by atoms with Crippen LogP contribution in [-0.4, -0.2) is 32.5 Å². The lowest BCUT2D eigenvalue weighted by Crippen LogP contribution is -2.24. The van der Waals surface area contributed by atoms with E-state index in [4.69, 9.17) is 4.52 Å². The average Bonchev–Trinajstić information content (AvgIpc) is 3.23. The molecule has 6 nitrogen and oxygen atoms in total. The topological polar surface area (TPSA) is 72.1 Å². The number of aryl methyl sites for hydroxylation is 1. The van der Waals surface area contributed by atoms with Crippen LogP contribution >= 0.6 is 0 Å². The zero-order chi connectivity index (χ0) is 17.2. The Hall–Kier alpha value is -3.02. The summed E-state index contributed by atoms with van der Waals surface area (Å²) in [6, 6.07) is 13.7. The number of carbonyl (C=O) groups is 1. The van der Waals surface area contributed by atoms with Gasteiger partial charge in [0.1, 0.15) is 5.69 Å². The summed E-state index contributed by atoms with van der Waals surface area (Å²) >= 11 is 0. The van der Waals surface area contributed by atoms with Crippen molar-refractivity contribution in [1.29, 1.82) is 0 Å². The van der Waals surface area contributed by atoms with E-state index < -0.39 is 0 Å². The molecule has 1 aliphatic heterocycles. The third-order valence-corrected chi connectivity index (χ3v) is 4.36. The van der Waals surface area contributed by atoms with Crippen molar-refractivity contribution in [3.63, 3.8) is 0 Å². The van der Waals surface area contributed by atoms with Crippen LogP contribution in [0.15, 0.2) is 53.2 Å². The van der Waals surface area contributed by atoms with Gasteiger partial charge in [0.05, 0.1) is 0 Å². The predicted octanol–water partition coefficient (Wildman–Crippen LogP) is 2.96. The molecular weight excluding hydrogens is 316 g/mol. The molecule has 1 atom stereocenters. The molecule has 0 spiro atoms. The zero-order valence-corrected chi connectivity index (χ0v) is 13.9. The van der Waals surface area contributed by atoms with Gasteiger partial charge >= 0.3 is 0 Å². The quantitative estimate of drug-likeness (QED) is 0.733. The van der Waals surface area contributed by atoms with Crippen molar-refractivity contribution in [2.45, 2.75) is 25.8 Å². The third-order valence-electron chi connectivity index (χ3n) is 4.36. The minimum absolute atomic E-state index is 0.0430. The summed E-state index contributed by atoms with van der Waals surface area (Å²) in [6.45, 7) is 3.27. The monoisotopic (exact) mass is 334 g/mol. The molecule has 1 aliphatic rings. The van der Waals surface area contributed by atoms with Gasteiger partial charge in [-0.1, -0.05) is 41.1 Å². The molecule has 0 N–H and O–H groups in total. The molecule has 4 rings (SSSR count). The Balaban J connectivity index is 1.48. The Bertz CT molecular complexity index is 891. The Morgan fingerprint density at radius 2 is 2.16 bits per heavy atom. The molecule has 0 radical (unpaired) electrons. The van der Waals surface area contributed by atoms with Crippen molar-refractivity contribution < 1.29 is 9.32 Å². The van der Waals surface area contributed by atoms with Crippen LogP contribution in [0, 0.1) is 6.92 Å². The Morgan fingerprint density at radius 3 is 2.96 bits per heavy atom. The molecular formula is C19H18N4O2. The van der Waals surface area contributed by atoms with Crippen molar-refractivity contribution in [1.82, 2.24) is 20.0 Å². The van der Waals surface area contributed by atoms with Gasteiger partial charge in [0.15, 0.2) is 5.82 Å². The molecule has 1 saturated heterocycles. The minimum Gasteiger partial charge on any atom is -0.338 e. The highest BCUT2D eigenvalue weighted by Gasteiger charge is 2.33. The van der Waals surface area contributed by atoms with Crippen molar-refractivity contribution >= 4 is 5.91 Å². The van der Waals surface area contributed by atoms with Crippen molar-refractivity contribution in [2.24, 2.45) is 0 Å². The van der Waals surface area contributed by atoms with Gasteiger partial charge in [0, 0.05) is 31.6 Å². The van der Waals surface area contributed by atoms with Crippen LogP contribution in [0.1, 0.15) is 29.3 Å². The summed E-state index contributed by atoms with van der Waals surface area (Å²) in [5.41, 5.74) is 2.97. The Labute approximate surface area is 145 Å². The van der Waals surface area contributed by atoms with Gasteiger partial charge in [0.25, 0.3) is 5.89 Å². The number of rotatable bonds is 4. The van der Waals surface area contributed by atoms with Crippen LogP contribution < -0.4 is 0 Å². The van der Waals surface area contributed by atoms with E-state index >= 15 is 0 Å². The summed E-state index contributed by atoms with van der Waals surface area (Å²) in [5.74, 6) is 1.04. The number of aromatic nitrogens is 3. The zero-order valence-electron chi connectivity index (χ0n) is 13.9. The number of pyridine rings is 1. The Kier molecular flexibility index (Phi) is 4.01. The minimum atomic E-state index is -0.0430. The molecule has 126 valence electrons. The molecule has 0 aliphatic carbocycles. The first-order valence-electron chi connectivity index (χ1n) is 8.27. The van der Waals surface area contributed by atoms with Gasteiger partial charge in [-0.3, -0.25) is 9.78 Å². The highest BCUT2D eigenvalue weighted by atomic mass is 16.5. The van der Waals surface area contributed by atoms with E-state index in [9.17, 15) is 4.79 Å². The standard InChI is InChI=1S/C19H18N4O2/c1-13-5-4-6-14(9-13)11-23-12-15(10-17(23)24)18-21-19(25-22-18)16-7-2-3-8-20-16/h2-9,15H,10-12H2,1H3/t15-/m1/s1. The number of hydrogen-bond acceptors (Lipinski definition) is 5. The average molecular weight is 334 g/mol. The number of nitrogens with zero attached hydrogens (tertiary/aromatic N) is 4. The third kappa shape index (κ3) is 3.28. The first-order valence-corrected chi connectivity index (χ1v) is 8.27. The second-order valence-electron chi connectivity index (χ2n) is 6.34. The smallest absolute Gasteiger partial charge is 0.276 e. The largest absolute Gasteiger partial charge is 0.338 e. The van der Waals surface area contributed by atoms with Crippen LogP contribution in [0.3, 0.4) is 0 Å². The number of likely N-dealkylation sites (tertiary alicyclic amines) is 1. The lowest BCUT2D eigenvalue weighted by molar-refractivity contribution is -0.128. The van der Waals surface area contributed by atoms with E-state index in [-0.39, 0.29) is 11.8 Å². The molecule has 3 heterocycles. The van der Waals surface area contributed by atoms with Gasteiger partial charge in [-0.2, -0.15) is 4.98 Å². The Morgan fingerprint density at radius 1 is 1.24 bits per heavy atom. The second-order valence-corrected chi connectivity index (χ2v) is 6.34. The van der Waals surface area contributed by atoms with E-state index in [1.807, 2.05) is 35.2 Å². The summed E-state index contributed by atoms with van der Waals surface area (Å²) in [4.78, 5) is 22.9. The van der Waals surface area contributed by atoms with Crippen LogP contribution in [0.4, 0.5) is 0 Å². The highest BCUT2D eigenvalue weighted by Crippen LogP contribution is 2.28. The number of benzene rings is 1. The fraction of sp³-hybridized carbons (Fsp3) is 0.263. The van der Waals surface area contributed by atoms with E-state index in [0.717, 1.165) is 5.56 Å². The molecule has 1 amide bonds. The van der Waals surface area contributed by atoms with Gasteiger partial charge < -0.3 is 9.42 Å². The van der Waals surface area contributed by atoms with Crippen LogP contribution in [0.5, 0.6) is 0 Å². The molecule has 1 fully saturated rings. The van der Waals surface area contributed by atoms with E-state index in [0.29, 0.717) is 36.9 Å². The van der Waals surface area contributed by atoms with Crippen LogP contribution in [0.25, 0.3) is 11.6 Å². The molecule has 6 heteroatoms. The molecule has 3 aromatic rings. The first kappa shape index (κ1) is 15.5. The van der Waals surface area contributed by atoms with E-state index in [1.165, 1.54) is 5.56 Å². The number of carbonyl (C=O) groups excluding carboxylic acids is 1. The fourth-order valence-electron chi connectivity index (χ4n) is 3.12. The normalized spacial score (nSPS) is 17.2. The highest BCUT2D eigenvalue weighted by molar-refractivity contribution is 5.79. The SMILES string of the molecule is Cc1cccc(CN2C[C@H](c3noc(-c4ccccn4)n3)CC2=O)c1. The van der Waals surface area contributed by atoms with E-state index in [2.05, 4.69) is 34.2 Å². The van der Waals surface area contributed by atoms with Gasteiger partial charge in [0.2, 0.25) is 5.91 Å². The van der Waals surface area contributed by atoms with Crippen LogP contribution in [-0.2, 0) is 11.3 Å². The van der Waals surface area contributed by atoms with Gasteiger partial charge in [-0.05, 0) is 24.6 Å². The molecule has 0 saturated carbocycles. The maximum absolute atomic E-state index is 12.4. The number of hydrogen-bond donors (Lipinski definition) is 0. The summed E-state index contributed by atoms with van der Waals surface area (Å²) in [6.07, 6.45) is 2.09. The van der Waals surface area contributed by atoms with Crippen molar-refractivity contribution in [3.8, 4) is 11.6 Å². The molecule has 2 aromatic heterocycles. The molecule has 25 heavy (non-hydrogen) atoms. The van der Waals surface area contributed by atoms with Gasteiger partial charge in [-0.15, -0.1) is 0 Å². The molecule has 1 aromatic carbocycles. The van der Waals surface area contributed by atoms with Gasteiger partial charge in [-0.25, -0.2) is 0 Å². The predicted molar refractivity (Wildman–Crippen MR) is 91.5 cm³/mol.